The Hall–Kier alpha value is -5.05. The molecule has 1 aliphatic rings. The summed E-state index contributed by atoms with van der Waals surface area (Å²) in [7, 11) is 4.90. The van der Waals surface area contributed by atoms with E-state index in [0.717, 1.165) is 16.8 Å². The Balaban J connectivity index is 1.54. The molecule has 0 radical (unpaired) electrons. The summed E-state index contributed by atoms with van der Waals surface area (Å²) in [5.74, 6) is 0.635. The van der Waals surface area contributed by atoms with Gasteiger partial charge in [-0.15, -0.1) is 0 Å². The van der Waals surface area contributed by atoms with Gasteiger partial charge in [0.05, 0.1) is 18.5 Å². The lowest BCUT2D eigenvalue weighted by Gasteiger charge is -2.39. The van der Waals surface area contributed by atoms with E-state index in [1.807, 2.05) is 63.2 Å². The summed E-state index contributed by atoms with van der Waals surface area (Å²) in [5, 5.41) is 3.34. The molecule has 5 rings (SSSR count). The van der Waals surface area contributed by atoms with Crippen molar-refractivity contribution in [3.63, 3.8) is 0 Å². The normalized spacial score (nSPS) is 13.6. The van der Waals surface area contributed by atoms with E-state index in [-0.39, 0.29) is 12.5 Å². The molecule has 8 nitrogen and oxygen atoms in total. The molecule has 1 heterocycles. The number of nitrogens with zero attached hydrogens (tertiary/aromatic N) is 2. The molecule has 4 aromatic rings. The molecule has 2 amide bonds. The number of amides is 2. The SMILES string of the molecule is COc1cc(OC(=O)N(C)c2ccccc2)ccc1-c1ccc2c(c1COc1cc(F)ccc1C)N(C)C(=O)C(C)(C)N2. The van der Waals surface area contributed by atoms with Crippen molar-refractivity contribution in [2.75, 3.05) is 36.3 Å². The van der Waals surface area contributed by atoms with Gasteiger partial charge in [0.15, 0.2) is 0 Å². The topological polar surface area (TPSA) is 80.3 Å². The van der Waals surface area contributed by atoms with Crippen molar-refractivity contribution in [3.8, 4) is 28.4 Å². The molecule has 0 saturated heterocycles. The van der Waals surface area contributed by atoms with Gasteiger partial charge in [0, 0.05) is 43.0 Å². The third-order valence-electron chi connectivity index (χ3n) is 7.51. The van der Waals surface area contributed by atoms with E-state index in [0.29, 0.717) is 39.8 Å². The highest BCUT2D eigenvalue weighted by Gasteiger charge is 2.38. The van der Waals surface area contributed by atoms with E-state index < -0.39 is 17.4 Å². The van der Waals surface area contributed by atoms with Gasteiger partial charge in [0.1, 0.15) is 35.2 Å². The predicted molar refractivity (Wildman–Crippen MR) is 166 cm³/mol. The Bertz CT molecular complexity index is 1690. The molecule has 43 heavy (non-hydrogen) atoms. The Morgan fingerprint density at radius 3 is 2.42 bits per heavy atom. The summed E-state index contributed by atoms with van der Waals surface area (Å²) < 4.78 is 31.6. The van der Waals surface area contributed by atoms with Crippen molar-refractivity contribution in [2.45, 2.75) is 32.9 Å². The van der Waals surface area contributed by atoms with Crippen LogP contribution >= 0.6 is 0 Å². The van der Waals surface area contributed by atoms with E-state index in [1.165, 1.54) is 24.1 Å². The summed E-state index contributed by atoms with van der Waals surface area (Å²) in [6.45, 7) is 5.54. The molecule has 1 N–H and O–H groups in total. The number of hydrogen-bond acceptors (Lipinski definition) is 6. The van der Waals surface area contributed by atoms with Gasteiger partial charge in [-0.1, -0.05) is 30.3 Å². The fourth-order valence-corrected chi connectivity index (χ4v) is 5.19. The second-order valence-electron chi connectivity index (χ2n) is 10.9. The van der Waals surface area contributed by atoms with E-state index in [2.05, 4.69) is 5.32 Å². The van der Waals surface area contributed by atoms with Gasteiger partial charge in [-0.25, -0.2) is 9.18 Å². The molecule has 0 saturated carbocycles. The molecule has 0 unspecified atom stereocenters. The van der Waals surface area contributed by atoms with Crippen molar-refractivity contribution < 1.29 is 28.2 Å². The largest absolute Gasteiger partial charge is 0.496 e. The van der Waals surface area contributed by atoms with Crippen LogP contribution in [0.5, 0.6) is 17.2 Å². The van der Waals surface area contributed by atoms with Gasteiger partial charge >= 0.3 is 6.09 Å². The molecule has 0 fully saturated rings. The Morgan fingerprint density at radius 2 is 1.70 bits per heavy atom. The lowest BCUT2D eigenvalue weighted by molar-refractivity contribution is -0.121. The number of aryl methyl sites for hydroxylation is 1. The summed E-state index contributed by atoms with van der Waals surface area (Å²) in [6, 6.07) is 22.5. The number of rotatable bonds is 7. The number of carbonyl (C=O) groups excluding carboxylic acids is 2. The monoisotopic (exact) mass is 583 g/mol. The van der Waals surface area contributed by atoms with Crippen LogP contribution in [0.4, 0.5) is 26.2 Å². The second kappa shape index (κ2) is 11.7. The van der Waals surface area contributed by atoms with Crippen LogP contribution in [-0.2, 0) is 11.4 Å². The minimum Gasteiger partial charge on any atom is -0.496 e. The number of fused-ring (bicyclic) bond motifs is 1. The summed E-state index contributed by atoms with van der Waals surface area (Å²) in [5.41, 5.74) is 4.21. The van der Waals surface area contributed by atoms with E-state index in [9.17, 15) is 14.0 Å². The quantitative estimate of drug-likeness (QED) is 0.248. The van der Waals surface area contributed by atoms with Crippen LogP contribution in [-0.4, -0.2) is 38.7 Å². The van der Waals surface area contributed by atoms with Crippen molar-refractivity contribution in [1.29, 1.82) is 0 Å². The van der Waals surface area contributed by atoms with Gasteiger partial charge in [-0.2, -0.15) is 0 Å². The van der Waals surface area contributed by atoms with Gasteiger partial charge in [0.25, 0.3) is 5.91 Å². The summed E-state index contributed by atoms with van der Waals surface area (Å²) in [6.07, 6.45) is -0.553. The van der Waals surface area contributed by atoms with E-state index in [4.69, 9.17) is 14.2 Å². The first-order valence-electron chi connectivity index (χ1n) is 13.8. The third-order valence-corrected chi connectivity index (χ3v) is 7.51. The standard InChI is InChI=1S/C34H34FN3O5/c1-21-12-13-22(35)18-29(21)42-20-27-25(16-17-28-31(27)38(5)32(39)34(2,3)36-28)26-15-14-24(19-30(26)41-6)43-33(40)37(4)23-10-8-7-9-11-23/h7-19,36H,20H2,1-6H3. The second-order valence-corrected chi connectivity index (χ2v) is 10.9. The van der Waals surface area contributed by atoms with Gasteiger partial charge in [-0.05, 0) is 68.3 Å². The number of ether oxygens (including phenoxy) is 3. The first-order valence-corrected chi connectivity index (χ1v) is 13.8. The highest BCUT2D eigenvalue weighted by atomic mass is 19.1. The summed E-state index contributed by atoms with van der Waals surface area (Å²) >= 11 is 0. The molecule has 0 aliphatic carbocycles. The lowest BCUT2D eigenvalue weighted by atomic mass is 9.91. The fourth-order valence-electron chi connectivity index (χ4n) is 5.19. The highest BCUT2D eigenvalue weighted by Crippen LogP contribution is 2.45. The number of para-hydroxylation sites is 1. The van der Waals surface area contributed by atoms with Crippen molar-refractivity contribution in [3.05, 3.63) is 95.8 Å². The van der Waals surface area contributed by atoms with Crippen LogP contribution < -0.4 is 29.3 Å². The molecular formula is C34H34FN3O5. The number of likely N-dealkylation sites (N-methyl/N-ethyl adjacent to an activating group) is 1. The van der Waals surface area contributed by atoms with Gasteiger partial charge in [0.2, 0.25) is 0 Å². The number of anilines is 3. The molecule has 9 heteroatoms. The molecule has 0 bridgehead atoms. The molecular weight excluding hydrogens is 549 g/mol. The minimum absolute atomic E-state index is 0.0459. The van der Waals surface area contributed by atoms with Crippen molar-refractivity contribution >= 4 is 29.1 Å². The zero-order chi connectivity index (χ0) is 30.9. The van der Waals surface area contributed by atoms with E-state index in [1.54, 1.807) is 43.3 Å². The smallest absolute Gasteiger partial charge is 0.419 e. The minimum atomic E-state index is -0.809. The number of benzene rings is 4. The Kier molecular flexibility index (Phi) is 8.00. The van der Waals surface area contributed by atoms with E-state index >= 15 is 0 Å². The molecule has 222 valence electrons. The highest BCUT2D eigenvalue weighted by molar-refractivity contribution is 6.08. The average Bonchev–Trinajstić information content (AvgIpc) is 3.00. The maximum absolute atomic E-state index is 14.1. The molecule has 0 aromatic heterocycles. The van der Waals surface area contributed by atoms with Crippen LogP contribution in [0, 0.1) is 12.7 Å². The maximum Gasteiger partial charge on any atom is 0.419 e. The molecule has 4 aromatic carbocycles. The van der Waals surface area contributed by atoms with Gasteiger partial charge < -0.3 is 24.4 Å². The van der Waals surface area contributed by atoms with Crippen LogP contribution in [0.25, 0.3) is 11.1 Å². The van der Waals surface area contributed by atoms with Crippen molar-refractivity contribution in [1.82, 2.24) is 0 Å². The number of hydrogen-bond donors (Lipinski definition) is 1. The molecule has 0 atom stereocenters. The third kappa shape index (κ3) is 5.83. The zero-order valence-corrected chi connectivity index (χ0v) is 25.0. The van der Waals surface area contributed by atoms with Crippen LogP contribution in [0.15, 0.2) is 78.9 Å². The number of nitrogens with one attached hydrogen (secondary N) is 1. The Morgan fingerprint density at radius 1 is 0.977 bits per heavy atom. The van der Waals surface area contributed by atoms with Crippen LogP contribution in [0.3, 0.4) is 0 Å². The average molecular weight is 584 g/mol. The van der Waals surface area contributed by atoms with Gasteiger partial charge in [-0.3, -0.25) is 9.69 Å². The fraction of sp³-hybridized carbons (Fsp3) is 0.235. The zero-order valence-electron chi connectivity index (χ0n) is 25.0. The Labute approximate surface area is 250 Å². The number of carbonyl (C=O) groups is 2. The maximum atomic E-state index is 14.1. The predicted octanol–water partition coefficient (Wildman–Crippen LogP) is 7.19. The summed E-state index contributed by atoms with van der Waals surface area (Å²) in [4.78, 5) is 29.2. The molecule has 1 aliphatic heterocycles. The number of halogens is 1. The lowest BCUT2D eigenvalue weighted by Crippen LogP contribution is -2.52. The first-order chi connectivity index (χ1) is 20.5. The molecule has 0 spiro atoms. The van der Waals surface area contributed by atoms with Crippen LogP contribution in [0.2, 0.25) is 0 Å². The van der Waals surface area contributed by atoms with Crippen LogP contribution in [0.1, 0.15) is 25.0 Å². The number of methoxy groups -OCH3 is 1. The first kappa shape index (κ1) is 29.4. The van der Waals surface area contributed by atoms with Crippen molar-refractivity contribution in [2.24, 2.45) is 0 Å².